The van der Waals surface area contributed by atoms with Crippen molar-refractivity contribution in [3.8, 4) is 0 Å². The lowest BCUT2D eigenvalue weighted by atomic mass is 10.0. The summed E-state index contributed by atoms with van der Waals surface area (Å²) in [6.07, 6.45) is 5.09. The molecule has 0 saturated carbocycles. The van der Waals surface area contributed by atoms with Crippen molar-refractivity contribution in [1.82, 2.24) is 0 Å². The van der Waals surface area contributed by atoms with Crippen LogP contribution in [0, 0.1) is 5.82 Å². The number of halogens is 1. The van der Waals surface area contributed by atoms with Crippen LogP contribution in [0.3, 0.4) is 0 Å². The summed E-state index contributed by atoms with van der Waals surface area (Å²) in [7, 11) is 0. The van der Waals surface area contributed by atoms with Crippen molar-refractivity contribution >= 4 is 5.69 Å². The average Bonchev–Trinajstić information content (AvgIpc) is 2.62. The van der Waals surface area contributed by atoms with Gasteiger partial charge >= 0.3 is 0 Å². The lowest BCUT2D eigenvalue weighted by Crippen LogP contribution is -2.35. The molecule has 0 aromatic heterocycles. The molecular formula is C16H24FNO. The Hall–Kier alpha value is -1.09. The molecule has 1 N–H and O–H groups in total. The first kappa shape index (κ1) is 14.3. The predicted molar refractivity (Wildman–Crippen MR) is 76.9 cm³/mol. The van der Waals surface area contributed by atoms with Crippen LogP contribution in [0.2, 0.25) is 0 Å². The summed E-state index contributed by atoms with van der Waals surface area (Å²) in [6, 6.07) is 5.58. The van der Waals surface area contributed by atoms with Crippen LogP contribution in [0.1, 0.15) is 57.6 Å². The van der Waals surface area contributed by atoms with Crippen molar-refractivity contribution < 1.29 is 9.50 Å². The Labute approximate surface area is 115 Å². The maximum absolute atomic E-state index is 14.0. The number of aliphatic hydroxyl groups excluding tert-OH is 1. The maximum Gasteiger partial charge on any atom is 0.131 e. The first-order valence-electron chi connectivity index (χ1n) is 7.38. The molecule has 1 aromatic carbocycles. The minimum absolute atomic E-state index is 0.299. The van der Waals surface area contributed by atoms with E-state index in [9.17, 15) is 9.50 Å². The molecule has 1 heterocycles. The van der Waals surface area contributed by atoms with Crippen LogP contribution in [-0.4, -0.2) is 17.7 Å². The quantitative estimate of drug-likeness (QED) is 0.891. The van der Waals surface area contributed by atoms with Crippen molar-refractivity contribution in [2.24, 2.45) is 0 Å². The van der Waals surface area contributed by atoms with Crippen LogP contribution in [0.15, 0.2) is 18.2 Å². The molecular weight excluding hydrogens is 241 g/mol. The van der Waals surface area contributed by atoms with Gasteiger partial charge in [-0.25, -0.2) is 4.39 Å². The molecule has 2 nitrogen and oxygen atoms in total. The lowest BCUT2D eigenvalue weighted by Gasteiger charge is -2.33. The van der Waals surface area contributed by atoms with Gasteiger partial charge in [0.1, 0.15) is 5.82 Å². The average molecular weight is 265 g/mol. The molecule has 0 spiro atoms. The molecule has 0 aliphatic carbocycles. The van der Waals surface area contributed by atoms with E-state index in [0.29, 0.717) is 11.6 Å². The molecule has 1 aliphatic heterocycles. The van der Waals surface area contributed by atoms with Crippen LogP contribution in [0.25, 0.3) is 0 Å². The van der Waals surface area contributed by atoms with Crippen molar-refractivity contribution in [3.05, 3.63) is 29.6 Å². The highest BCUT2D eigenvalue weighted by Gasteiger charge is 2.24. The summed E-state index contributed by atoms with van der Waals surface area (Å²) in [4.78, 5) is 2.30. The fourth-order valence-electron chi connectivity index (χ4n) is 3.11. The van der Waals surface area contributed by atoms with Crippen molar-refractivity contribution in [2.45, 2.75) is 58.1 Å². The van der Waals surface area contributed by atoms with Gasteiger partial charge in [0.25, 0.3) is 0 Å². The van der Waals surface area contributed by atoms with Crippen LogP contribution >= 0.6 is 0 Å². The van der Waals surface area contributed by atoms with E-state index >= 15 is 0 Å². The second-order valence-electron chi connectivity index (χ2n) is 5.45. The molecule has 1 saturated heterocycles. The number of nitrogens with zero attached hydrogens (tertiary/aromatic N) is 1. The Balaban J connectivity index is 2.40. The van der Waals surface area contributed by atoms with E-state index in [0.717, 1.165) is 31.5 Å². The molecule has 0 bridgehead atoms. The Morgan fingerprint density at radius 1 is 1.37 bits per heavy atom. The van der Waals surface area contributed by atoms with E-state index in [-0.39, 0.29) is 5.82 Å². The van der Waals surface area contributed by atoms with Crippen LogP contribution in [0.4, 0.5) is 10.1 Å². The smallest absolute Gasteiger partial charge is 0.131 e. The van der Waals surface area contributed by atoms with Gasteiger partial charge < -0.3 is 10.0 Å². The number of rotatable bonds is 3. The van der Waals surface area contributed by atoms with Crippen molar-refractivity contribution in [2.75, 3.05) is 11.4 Å². The minimum atomic E-state index is -0.767. The maximum atomic E-state index is 14.0. The van der Waals surface area contributed by atoms with E-state index in [1.807, 2.05) is 6.07 Å². The monoisotopic (exact) mass is 265 g/mol. The zero-order valence-corrected chi connectivity index (χ0v) is 11.9. The predicted octanol–water partition coefficient (Wildman–Crippen LogP) is 4.04. The number of aliphatic hydroxyl groups is 1. The second kappa shape index (κ2) is 6.38. The Bertz CT molecular complexity index is 419. The normalized spacial score (nSPS) is 22.1. The highest BCUT2D eigenvalue weighted by atomic mass is 19.1. The summed E-state index contributed by atoms with van der Waals surface area (Å²) in [5.74, 6) is -0.299. The lowest BCUT2D eigenvalue weighted by molar-refractivity contribution is 0.194. The summed E-state index contributed by atoms with van der Waals surface area (Å²) in [6.45, 7) is 4.78. The molecule has 0 amide bonds. The zero-order valence-electron chi connectivity index (χ0n) is 11.9. The first-order chi connectivity index (χ1) is 9.15. The van der Waals surface area contributed by atoms with E-state index in [2.05, 4.69) is 11.8 Å². The molecule has 106 valence electrons. The van der Waals surface area contributed by atoms with Gasteiger partial charge in [-0.1, -0.05) is 25.8 Å². The van der Waals surface area contributed by atoms with Crippen LogP contribution in [0.5, 0.6) is 0 Å². The van der Waals surface area contributed by atoms with Gasteiger partial charge in [-0.15, -0.1) is 0 Å². The number of hydrogen-bond acceptors (Lipinski definition) is 2. The molecule has 1 aliphatic rings. The molecule has 1 fully saturated rings. The Morgan fingerprint density at radius 2 is 2.16 bits per heavy atom. The number of benzene rings is 1. The molecule has 1 unspecified atom stereocenters. The molecule has 2 atom stereocenters. The highest BCUT2D eigenvalue weighted by Crippen LogP contribution is 2.33. The topological polar surface area (TPSA) is 23.5 Å². The third-order valence-electron chi connectivity index (χ3n) is 4.11. The molecule has 3 heteroatoms. The van der Waals surface area contributed by atoms with Crippen LogP contribution in [-0.2, 0) is 0 Å². The van der Waals surface area contributed by atoms with Gasteiger partial charge in [0, 0.05) is 23.8 Å². The second-order valence-corrected chi connectivity index (χ2v) is 5.45. The zero-order chi connectivity index (χ0) is 13.8. The number of hydrogen-bond donors (Lipinski definition) is 1. The molecule has 2 rings (SSSR count). The Kier molecular flexibility index (Phi) is 4.81. The van der Waals surface area contributed by atoms with Crippen molar-refractivity contribution in [1.29, 1.82) is 0 Å². The fourth-order valence-corrected chi connectivity index (χ4v) is 3.11. The summed E-state index contributed by atoms with van der Waals surface area (Å²) < 4.78 is 14.0. The van der Waals surface area contributed by atoms with Gasteiger partial charge in [0.15, 0.2) is 0 Å². The fraction of sp³-hybridized carbons (Fsp3) is 0.625. The van der Waals surface area contributed by atoms with Crippen LogP contribution < -0.4 is 4.90 Å². The van der Waals surface area contributed by atoms with Gasteiger partial charge in [0.2, 0.25) is 0 Å². The third kappa shape index (κ3) is 3.08. The standard InChI is InChI=1S/C16H24FNO/c1-3-13-8-5-4-6-11-18(13)15-10-7-9-14(17)16(15)12(2)19/h7,9-10,12-13,19H,3-6,8,11H2,1-2H3/t12-,13?/m1/s1. The summed E-state index contributed by atoms with van der Waals surface area (Å²) in [5, 5.41) is 9.88. The third-order valence-corrected chi connectivity index (χ3v) is 4.11. The van der Waals surface area contributed by atoms with E-state index in [4.69, 9.17) is 0 Å². The van der Waals surface area contributed by atoms with Gasteiger partial charge in [-0.3, -0.25) is 0 Å². The molecule has 1 aromatic rings. The molecule has 0 radical (unpaired) electrons. The largest absolute Gasteiger partial charge is 0.389 e. The van der Waals surface area contributed by atoms with Gasteiger partial charge in [-0.2, -0.15) is 0 Å². The highest BCUT2D eigenvalue weighted by molar-refractivity contribution is 5.56. The Morgan fingerprint density at radius 3 is 2.84 bits per heavy atom. The minimum Gasteiger partial charge on any atom is -0.389 e. The summed E-state index contributed by atoms with van der Waals surface area (Å²) >= 11 is 0. The SMILES string of the molecule is CCC1CCCCCN1c1cccc(F)c1[C@@H](C)O. The summed E-state index contributed by atoms with van der Waals surface area (Å²) in [5.41, 5.74) is 1.33. The first-order valence-corrected chi connectivity index (χ1v) is 7.38. The van der Waals surface area contributed by atoms with E-state index < -0.39 is 6.10 Å². The van der Waals surface area contributed by atoms with Gasteiger partial charge in [0.05, 0.1) is 6.10 Å². The van der Waals surface area contributed by atoms with Gasteiger partial charge in [-0.05, 0) is 38.3 Å². The van der Waals surface area contributed by atoms with E-state index in [1.54, 1.807) is 13.0 Å². The van der Waals surface area contributed by atoms with Crippen molar-refractivity contribution in [3.63, 3.8) is 0 Å². The molecule has 19 heavy (non-hydrogen) atoms. The van der Waals surface area contributed by atoms with E-state index in [1.165, 1.54) is 18.9 Å². The number of anilines is 1.